The molecule has 0 aliphatic rings. The summed E-state index contributed by atoms with van der Waals surface area (Å²) in [7, 11) is 0. The second-order valence-electron chi connectivity index (χ2n) is 3.98. The summed E-state index contributed by atoms with van der Waals surface area (Å²) >= 11 is 3.26. The largest absolute Gasteiger partial charge is 0.872 e. The van der Waals surface area contributed by atoms with Gasteiger partial charge in [0, 0.05) is 15.7 Å². The first-order chi connectivity index (χ1) is 9.47. The van der Waals surface area contributed by atoms with Gasteiger partial charge in [0.15, 0.2) is 0 Å². The second-order valence-corrected chi connectivity index (χ2v) is 4.89. The standard InChI is InChI=1S/C14H10BrNO4/c15-9-3-1-8(2-4-9)13(18)16-10-5-6-12(17)11(7-10)14(19)20/h1-7,17H,(H,16,18)(H,19,20)/p-1. The molecule has 0 saturated carbocycles. The smallest absolute Gasteiger partial charge is 0.335 e. The molecular formula is C14H9BrNO4-. The minimum absolute atomic E-state index is 0.259. The summed E-state index contributed by atoms with van der Waals surface area (Å²) in [5.41, 5.74) is 0.310. The molecule has 20 heavy (non-hydrogen) atoms. The number of carboxylic acids is 1. The molecule has 2 N–H and O–H groups in total. The third-order valence-corrected chi connectivity index (χ3v) is 3.10. The Labute approximate surface area is 123 Å². The van der Waals surface area contributed by atoms with Gasteiger partial charge in [0.25, 0.3) is 5.91 Å². The lowest BCUT2D eigenvalue weighted by molar-refractivity contribution is -0.268. The van der Waals surface area contributed by atoms with E-state index in [0.29, 0.717) is 5.56 Å². The summed E-state index contributed by atoms with van der Waals surface area (Å²) in [6.45, 7) is 0. The first-order valence-electron chi connectivity index (χ1n) is 5.58. The molecule has 102 valence electrons. The average molecular weight is 335 g/mol. The average Bonchev–Trinajstić information content (AvgIpc) is 2.41. The number of benzene rings is 2. The normalized spacial score (nSPS) is 10.1. The molecule has 1 amide bonds. The van der Waals surface area contributed by atoms with Crippen LogP contribution >= 0.6 is 15.9 Å². The van der Waals surface area contributed by atoms with Crippen molar-refractivity contribution >= 4 is 33.5 Å². The monoisotopic (exact) mass is 334 g/mol. The van der Waals surface area contributed by atoms with Crippen molar-refractivity contribution in [1.29, 1.82) is 0 Å². The van der Waals surface area contributed by atoms with Gasteiger partial charge in [0.05, 0.1) is 5.56 Å². The maximum Gasteiger partial charge on any atom is 0.335 e. The van der Waals surface area contributed by atoms with E-state index in [1.54, 1.807) is 24.3 Å². The van der Waals surface area contributed by atoms with Crippen LogP contribution in [-0.2, 0) is 0 Å². The Morgan fingerprint density at radius 1 is 1.10 bits per heavy atom. The molecule has 0 bridgehead atoms. The van der Waals surface area contributed by atoms with E-state index in [0.717, 1.165) is 16.6 Å². The Kier molecular flexibility index (Phi) is 4.05. The van der Waals surface area contributed by atoms with Crippen LogP contribution in [0.3, 0.4) is 0 Å². The number of carbonyl (C=O) groups excluding carboxylic acids is 1. The van der Waals surface area contributed by atoms with Crippen LogP contribution in [-0.4, -0.2) is 17.0 Å². The summed E-state index contributed by atoms with van der Waals surface area (Å²) in [5.74, 6) is -2.30. The van der Waals surface area contributed by atoms with Crippen molar-refractivity contribution in [2.24, 2.45) is 0 Å². The van der Waals surface area contributed by atoms with Gasteiger partial charge in [0.1, 0.15) is 0 Å². The molecule has 0 radical (unpaired) electrons. The Morgan fingerprint density at radius 2 is 1.75 bits per heavy atom. The van der Waals surface area contributed by atoms with E-state index in [9.17, 15) is 14.7 Å². The highest BCUT2D eigenvalue weighted by molar-refractivity contribution is 9.10. The fraction of sp³-hybridized carbons (Fsp3) is 0. The van der Waals surface area contributed by atoms with Gasteiger partial charge >= 0.3 is 5.97 Å². The lowest BCUT2D eigenvalue weighted by Crippen LogP contribution is -2.13. The van der Waals surface area contributed by atoms with E-state index < -0.39 is 11.7 Å². The minimum atomic E-state index is -1.32. The van der Waals surface area contributed by atoms with Crippen LogP contribution < -0.4 is 10.4 Å². The summed E-state index contributed by atoms with van der Waals surface area (Å²) in [5, 5.41) is 22.7. The van der Waals surface area contributed by atoms with Gasteiger partial charge in [-0.05, 0) is 36.4 Å². The molecule has 2 rings (SSSR count). The van der Waals surface area contributed by atoms with Crippen molar-refractivity contribution in [2.45, 2.75) is 0 Å². The van der Waals surface area contributed by atoms with E-state index in [4.69, 9.17) is 5.11 Å². The van der Waals surface area contributed by atoms with Gasteiger partial charge in [-0.3, -0.25) is 4.79 Å². The summed E-state index contributed by atoms with van der Waals surface area (Å²) in [6, 6.07) is 10.3. The van der Waals surface area contributed by atoms with Crippen LogP contribution in [0.4, 0.5) is 5.69 Å². The van der Waals surface area contributed by atoms with E-state index in [2.05, 4.69) is 21.2 Å². The van der Waals surface area contributed by atoms with Crippen molar-refractivity contribution in [2.75, 3.05) is 5.32 Å². The second kappa shape index (κ2) is 5.75. The van der Waals surface area contributed by atoms with Crippen LogP contribution in [0.5, 0.6) is 5.75 Å². The van der Waals surface area contributed by atoms with Crippen LogP contribution in [0, 0.1) is 0 Å². The fourth-order valence-electron chi connectivity index (χ4n) is 1.58. The fourth-order valence-corrected chi connectivity index (χ4v) is 1.84. The summed E-state index contributed by atoms with van der Waals surface area (Å²) < 4.78 is 0.845. The number of hydrogen-bond acceptors (Lipinski definition) is 3. The quantitative estimate of drug-likeness (QED) is 0.902. The van der Waals surface area contributed by atoms with E-state index >= 15 is 0 Å². The number of aromatic carboxylic acids is 1. The van der Waals surface area contributed by atoms with Crippen LogP contribution in [0.1, 0.15) is 20.7 Å². The molecule has 0 aromatic heterocycles. The lowest BCUT2D eigenvalue weighted by Gasteiger charge is -2.12. The number of halogens is 1. The third-order valence-electron chi connectivity index (χ3n) is 2.57. The number of nitrogens with one attached hydrogen (secondary N) is 1. The van der Waals surface area contributed by atoms with Gasteiger partial charge in [-0.25, -0.2) is 4.79 Å². The molecule has 2 aromatic rings. The van der Waals surface area contributed by atoms with Crippen LogP contribution in [0.15, 0.2) is 46.9 Å². The maximum absolute atomic E-state index is 11.9. The predicted octanol–water partition coefficient (Wildman–Crippen LogP) is 2.47. The molecule has 0 spiro atoms. The van der Waals surface area contributed by atoms with E-state index in [-0.39, 0.29) is 17.2 Å². The highest BCUT2D eigenvalue weighted by Gasteiger charge is 2.09. The van der Waals surface area contributed by atoms with E-state index in [1.807, 2.05) is 0 Å². The minimum Gasteiger partial charge on any atom is -0.872 e. The Morgan fingerprint density at radius 3 is 2.35 bits per heavy atom. The number of rotatable bonds is 3. The number of carbonyl (C=O) groups is 2. The van der Waals surface area contributed by atoms with Gasteiger partial charge in [0.2, 0.25) is 0 Å². The lowest BCUT2D eigenvalue weighted by atomic mass is 10.1. The zero-order chi connectivity index (χ0) is 14.7. The molecule has 0 fully saturated rings. The SMILES string of the molecule is O=C(Nc1ccc([O-])c(C(=O)O)c1)c1ccc(Br)cc1. The van der Waals surface area contributed by atoms with E-state index in [1.165, 1.54) is 6.07 Å². The molecule has 0 aliphatic heterocycles. The topological polar surface area (TPSA) is 89.5 Å². The highest BCUT2D eigenvalue weighted by Crippen LogP contribution is 2.20. The van der Waals surface area contributed by atoms with Crippen LogP contribution in [0.2, 0.25) is 0 Å². The predicted molar refractivity (Wildman–Crippen MR) is 74.9 cm³/mol. The Hall–Kier alpha value is -2.34. The van der Waals surface area contributed by atoms with Gasteiger partial charge < -0.3 is 15.5 Å². The number of hydrogen-bond donors (Lipinski definition) is 2. The molecule has 0 heterocycles. The van der Waals surface area contributed by atoms with Gasteiger partial charge in [-0.15, -0.1) is 0 Å². The first-order valence-corrected chi connectivity index (χ1v) is 6.38. The van der Waals surface area contributed by atoms with Gasteiger partial charge in [-0.1, -0.05) is 27.7 Å². The first kappa shape index (κ1) is 14.1. The number of amides is 1. The van der Waals surface area contributed by atoms with Crippen molar-refractivity contribution < 1.29 is 19.8 Å². The van der Waals surface area contributed by atoms with Crippen molar-refractivity contribution in [1.82, 2.24) is 0 Å². The van der Waals surface area contributed by atoms with Crippen LogP contribution in [0.25, 0.3) is 0 Å². The zero-order valence-electron chi connectivity index (χ0n) is 10.1. The zero-order valence-corrected chi connectivity index (χ0v) is 11.7. The molecule has 0 aliphatic carbocycles. The van der Waals surface area contributed by atoms with Gasteiger partial charge in [-0.2, -0.15) is 0 Å². The van der Waals surface area contributed by atoms with Crippen molar-refractivity contribution in [3.8, 4) is 5.75 Å². The molecule has 0 atom stereocenters. The summed E-state index contributed by atoms with van der Waals surface area (Å²) in [6.07, 6.45) is 0. The molecular weight excluding hydrogens is 326 g/mol. The molecule has 0 saturated heterocycles. The number of carboxylic acid groups (broad SMARTS) is 1. The molecule has 5 nitrogen and oxygen atoms in total. The third kappa shape index (κ3) is 3.16. The maximum atomic E-state index is 11.9. The molecule has 0 unspecified atom stereocenters. The Bertz CT molecular complexity index is 667. The molecule has 2 aromatic carbocycles. The molecule has 6 heteroatoms. The van der Waals surface area contributed by atoms with Crippen molar-refractivity contribution in [3.05, 3.63) is 58.1 Å². The number of anilines is 1. The summed E-state index contributed by atoms with van der Waals surface area (Å²) in [4.78, 5) is 22.8. The Balaban J connectivity index is 2.21. The van der Waals surface area contributed by atoms with Crippen molar-refractivity contribution in [3.63, 3.8) is 0 Å². The highest BCUT2D eigenvalue weighted by atomic mass is 79.9.